The van der Waals surface area contributed by atoms with E-state index in [0.717, 1.165) is 109 Å². The maximum atomic E-state index is 12.8. The Hall–Kier alpha value is -3.18. The average molecular weight is 833 g/mol. The van der Waals surface area contributed by atoms with E-state index in [1.807, 2.05) is 0 Å². The molecule has 0 radical (unpaired) electrons. The molecule has 5 nitrogen and oxygen atoms in total. The van der Waals surface area contributed by atoms with Crippen molar-refractivity contribution in [3.63, 3.8) is 0 Å². The first-order chi connectivity index (χ1) is 29.6. The van der Waals surface area contributed by atoms with Crippen molar-refractivity contribution in [2.24, 2.45) is 0 Å². The van der Waals surface area contributed by atoms with E-state index in [-0.39, 0.29) is 25.2 Å². The van der Waals surface area contributed by atoms with Crippen molar-refractivity contribution in [1.29, 1.82) is 0 Å². The molecule has 0 aromatic rings. The number of unbranched alkanes of at least 4 members (excludes halogenated alkanes) is 17. The van der Waals surface area contributed by atoms with E-state index in [0.29, 0.717) is 19.4 Å². The summed E-state index contributed by atoms with van der Waals surface area (Å²) in [4.78, 5) is 25.3. The summed E-state index contributed by atoms with van der Waals surface area (Å²) in [5.74, 6) is -0.473. The third-order valence-electron chi connectivity index (χ3n) is 10.1. The van der Waals surface area contributed by atoms with Gasteiger partial charge >= 0.3 is 11.9 Å². The lowest BCUT2D eigenvalue weighted by Crippen LogP contribution is -2.30. The van der Waals surface area contributed by atoms with Crippen molar-refractivity contribution in [3.8, 4) is 0 Å². The van der Waals surface area contributed by atoms with Crippen molar-refractivity contribution >= 4 is 11.9 Å². The minimum Gasteiger partial charge on any atom is -0.462 e. The monoisotopic (exact) mass is 833 g/mol. The summed E-state index contributed by atoms with van der Waals surface area (Å²) in [6.07, 6.45) is 67.0. The van der Waals surface area contributed by atoms with Gasteiger partial charge in [0.1, 0.15) is 6.61 Å². The number of hydrogen-bond acceptors (Lipinski definition) is 5. The van der Waals surface area contributed by atoms with Crippen molar-refractivity contribution in [3.05, 3.63) is 97.2 Å². The van der Waals surface area contributed by atoms with Gasteiger partial charge in [0.2, 0.25) is 0 Å². The summed E-state index contributed by atoms with van der Waals surface area (Å²) >= 11 is 0. The Morgan fingerprint density at radius 1 is 0.383 bits per heavy atom. The fourth-order valence-electron chi connectivity index (χ4n) is 6.45. The second-order valence-electron chi connectivity index (χ2n) is 15.9. The predicted octanol–water partition coefficient (Wildman–Crippen LogP) is 16.7. The molecule has 0 saturated heterocycles. The average Bonchev–Trinajstić information content (AvgIpc) is 3.25. The van der Waals surface area contributed by atoms with Gasteiger partial charge in [-0.1, -0.05) is 182 Å². The summed E-state index contributed by atoms with van der Waals surface area (Å²) in [7, 11) is 0. The lowest BCUT2D eigenvalue weighted by atomic mass is 10.1. The summed E-state index contributed by atoms with van der Waals surface area (Å²) in [6, 6.07) is 0. The molecule has 342 valence electrons. The molecule has 1 unspecified atom stereocenters. The van der Waals surface area contributed by atoms with Crippen LogP contribution in [0.3, 0.4) is 0 Å². The van der Waals surface area contributed by atoms with Crippen LogP contribution in [0, 0.1) is 0 Å². The van der Waals surface area contributed by atoms with Gasteiger partial charge in [-0.2, -0.15) is 0 Å². The molecular weight excluding hydrogens is 741 g/mol. The molecule has 0 aliphatic heterocycles. The Bertz CT molecular complexity index is 1170. The topological polar surface area (TPSA) is 61.8 Å². The van der Waals surface area contributed by atoms with Crippen LogP contribution in [-0.2, 0) is 23.8 Å². The molecule has 0 aliphatic rings. The maximum absolute atomic E-state index is 12.8. The van der Waals surface area contributed by atoms with Gasteiger partial charge in [-0.05, 0) is 116 Å². The van der Waals surface area contributed by atoms with Crippen LogP contribution in [0.4, 0.5) is 0 Å². The number of carbonyl (C=O) groups is 2. The molecule has 1 atom stereocenters. The smallest absolute Gasteiger partial charge is 0.306 e. The zero-order valence-electron chi connectivity index (χ0n) is 39.2. The second kappa shape index (κ2) is 50.2. The normalized spacial score (nSPS) is 13.1. The van der Waals surface area contributed by atoms with E-state index < -0.39 is 6.10 Å². The van der Waals surface area contributed by atoms with Crippen molar-refractivity contribution < 1.29 is 23.8 Å². The highest BCUT2D eigenvalue weighted by molar-refractivity contribution is 5.70. The molecule has 0 aliphatic carbocycles. The van der Waals surface area contributed by atoms with Crippen LogP contribution < -0.4 is 0 Å². The molecule has 0 fully saturated rings. The molecular formula is C55H92O5. The summed E-state index contributed by atoms with van der Waals surface area (Å²) in [6.45, 7) is 7.49. The molecule has 0 saturated carbocycles. The second-order valence-corrected chi connectivity index (χ2v) is 15.9. The summed E-state index contributed by atoms with van der Waals surface area (Å²) in [5, 5.41) is 0. The fraction of sp³-hybridized carbons (Fsp3) is 0.673. The first-order valence-electron chi connectivity index (χ1n) is 24.8. The van der Waals surface area contributed by atoms with Gasteiger partial charge in [-0.15, -0.1) is 0 Å². The summed E-state index contributed by atoms with van der Waals surface area (Å²) < 4.78 is 17.3. The first-order valence-corrected chi connectivity index (χ1v) is 24.8. The van der Waals surface area contributed by atoms with Gasteiger partial charge in [-0.3, -0.25) is 9.59 Å². The predicted molar refractivity (Wildman–Crippen MR) is 260 cm³/mol. The summed E-state index contributed by atoms with van der Waals surface area (Å²) in [5.41, 5.74) is 0. The Morgan fingerprint density at radius 2 is 0.750 bits per heavy atom. The Morgan fingerprint density at radius 3 is 1.20 bits per heavy atom. The van der Waals surface area contributed by atoms with Crippen molar-refractivity contribution in [1.82, 2.24) is 0 Å². The van der Waals surface area contributed by atoms with Gasteiger partial charge in [0.05, 0.1) is 6.61 Å². The van der Waals surface area contributed by atoms with Gasteiger partial charge in [0.25, 0.3) is 0 Å². The van der Waals surface area contributed by atoms with Gasteiger partial charge < -0.3 is 14.2 Å². The van der Waals surface area contributed by atoms with E-state index >= 15 is 0 Å². The Balaban J connectivity index is 4.35. The molecule has 0 amide bonds. The molecule has 0 aromatic heterocycles. The molecule has 0 bridgehead atoms. The molecule has 0 N–H and O–H groups in total. The molecule has 0 spiro atoms. The van der Waals surface area contributed by atoms with Gasteiger partial charge in [0.15, 0.2) is 6.10 Å². The van der Waals surface area contributed by atoms with E-state index in [9.17, 15) is 9.59 Å². The van der Waals surface area contributed by atoms with Crippen molar-refractivity contribution in [2.75, 3.05) is 19.8 Å². The van der Waals surface area contributed by atoms with Crippen molar-refractivity contribution in [2.45, 2.75) is 219 Å². The lowest BCUT2D eigenvalue weighted by molar-refractivity contribution is -0.163. The lowest BCUT2D eigenvalue weighted by Gasteiger charge is -2.18. The molecule has 5 heteroatoms. The highest BCUT2D eigenvalue weighted by Crippen LogP contribution is 2.12. The number of carbonyl (C=O) groups excluding carboxylic acids is 2. The first kappa shape index (κ1) is 56.8. The highest BCUT2D eigenvalue weighted by Gasteiger charge is 2.17. The minimum atomic E-state index is -0.571. The van der Waals surface area contributed by atoms with E-state index in [1.54, 1.807) is 0 Å². The highest BCUT2D eigenvalue weighted by atomic mass is 16.6. The van der Waals surface area contributed by atoms with E-state index in [4.69, 9.17) is 14.2 Å². The van der Waals surface area contributed by atoms with Crippen LogP contribution in [-0.4, -0.2) is 37.9 Å². The minimum absolute atomic E-state index is 0.0508. The zero-order chi connectivity index (χ0) is 43.5. The number of hydrogen-bond donors (Lipinski definition) is 0. The number of ether oxygens (including phenoxy) is 3. The third-order valence-corrected chi connectivity index (χ3v) is 10.1. The SMILES string of the molecule is CC/C=C\C/C=C\C/C=C\CCCCCC(=O)OCC(COCCCCCCCCCC/C=C\C/C=C\CCCCC)OC(=O)CCCCC/C=C\C/C=C\C/C=C\CC. The molecule has 0 rings (SSSR count). The third kappa shape index (κ3) is 47.5. The Kier molecular flexibility index (Phi) is 47.5. The van der Waals surface area contributed by atoms with Crippen LogP contribution in [0.5, 0.6) is 0 Å². The van der Waals surface area contributed by atoms with Crippen LogP contribution >= 0.6 is 0 Å². The number of esters is 2. The Labute approximate surface area is 371 Å². The van der Waals surface area contributed by atoms with E-state index in [2.05, 4.69) is 118 Å². The molecule has 0 aromatic carbocycles. The largest absolute Gasteiger partial charge is 0.462 e. The number of rotatable bonds is 44. The molecule has 0 heterocycles. The van der Waals surface area contributed by atoms with Crippen LogP contribution in [0.1, 0.15) is 213 Å². The van der Waals surface area contributed by atoms with E-state index in [1.165, 1.54) is 70.6 Å². The van der Waals surface area contributed by atoms with Gasteiger partial charge in [-0.25, -0.2) is 0 Å². The van der Waals surface area contributed by atoms with Crippen LogP contribution in [0.25, 0.3) is 0 Å². The maximum Gasteiger partial charge on any atom is 0.306 e. The quantitative estimate of drug-likeness (QED) is 0.0348. The van der Waals surface area contributed by atoms with Gasteiger partial charge in [0, 0.05) is 19.4 Å². The molecule has 60 heavy (non-hydrogen) atoms. The number of allylic oxidation sites excluding steroid dienone is 16. The fourth-order valence-corrected chi connectivity index (χ4v) is 6.45. The van der Waals surface area contributed by atoms with Crippen LogP contribution in [0.15, 0.2) is 97.2 Å². The zero-order valence-corrected chi connectivity index (χ0v) is 39.2. The van der Waals surface area contributed by atoms with Crippen LogP contribution in [0.2, 0.25) is 0 Å². The standard InChI is InChI=1S/C55H92O5/c1-4-7-10-13-16-19-22-25-26-27-28-29-32-35-38-41-44-47-50-58-51-53(60-55(57)49-46-43-40-37-34-31-24-21-18-15-12-9-6-3)52-59-54(56)48-45-42-39-36-33-30-23-20-17-14-11-8-5-2/h8-9,11-12,16-21,25-26,30-31,33-34,53H,4-7,10,13-15,22-24,27-29,32,35-52H2,1-3H3/b11-8-,12-9-,19-16-,20-17-,21-18-,26-25-,33-30-,34-31-.